The number of benzene rings is 1. The summed E-state index contributed by atoms with van der Waals surface area (Å²) in [5, 5.41) is 6.25. The molecule has 0 bridgehead atoms. The molecule has 1 aliphatic heterocycles. The number of nitrogens with one attached hydrogen (secondary N) is 2. The maximum absolute atomic E-state index is 12.0. The van der Waals surface area contributed by atoms with E-state index in [2.05, 4.69) is 26.6 Å². The number of carbonyl (C=O) groups excluding carboxylic acids is 1. The summed E-state index contributed by atoms with van der Waals surface area (Å²) in [7, 11) is 0. The molecule has 104 valence electrons. The van der Waals surface area contributed by atoms with Gasteiger partial charge in [0.25, 0.3) is 0 Å². The number of amides is 1. The number of hydrogen-bond donors (Lipinski definition) is 2. The molecule has 0 aliphatic carbocycles. The molecule has 2 N–H and O–H groups in total. The van der Waals surface area contributed by atoms with Crippen LogP contribution in [0.1, 0.15) is 26.2 Å². The summed E-state index contributed by atoms with van der Waals surface area (Å²) >= 11 is 3.40. The number of anilines is 1. The zero-order chi connectivity index (χ0) is 13.7. The second-order valence-electron chi connectivity index (χ2n) is 4.62. The zero-order valence-corrected chi connectivity index (χ0v) is 12.6. The molecular weight excluding hydrogens is 308 g/mol. The fraction of sp³-hybridized carbons (Fsp3) is 0.500. The summed E-state index contributed by atoms with van der Waals surface area (Å²) in [6.07, 6.45) is 2.74. The highest BCUT2D eigenvalue weighted by molar-refractivity contribution is 9.10. The van der Waals surface area contributed by atoms with Crippen LogP contribution in [-0.4, -0.2) is 25.1 Å². The van der Waals surface area contributed by atoms with Crippen molar-refractivity contribution >= 4 is 27.5 Å². The van der Waals surface area contributed by atoms with Crippen LogP contribution in [0.2, 0.25) is 0 Å². The van der Waals surface area contributed by atoms with E-state index >= 15 is 0 Å². The number of ether oxygens (including phenoxy) is 1. The molecule has 0 saturated carbocycles. The molecule has 1 unspecified atom stereocenters. The van der Waals surface area contributed by atoms with Crippen LogP contribution in [-0.2, 0) is 4.79 Å². The topological polar surface area (TPSA) is 50.4 Å². The number of halogens is 1. The van der Waals surface area contributed by atoms with Crippen LogP contribution in [0.3, 0.4) is 0 Å². The van der Waals surface area contributed by atoms with Crippen molar-refractivity contribution in [1.29, 1.82) is 0 Å². The molecule has 1 saturated heterocycles. The molecule has 1 fully saturated rings. The van der Waals surface area contributed by atoms with Crippen LogP contribution in [0.15, 0.2) is 22.7 Å². The number of carbonyl (C=O) groups is 1. The Balaban J connectivity index is 1.98. The lowest BCUT2D eigenvalue weighted by Gasteiger charge is -2.14. The summed E-state index contributed by atoms with van der Waals surface area (Å²) in [5.41, 5.74) is 0.730. The minimum Gasteiger partial charge on any atom is -0.492 e. The van der Waals surface area contributed by atoms with Gasteiger partial charge in [-0.2, -0.15) is 0 Å². The number of hydrogen-bond acceptors (Lipinski definition) is 3. The standard InChI is InChI=1S/C14H19BrN2O2/c1-2-19-13-8-10(15)5-6-12(13)17-14(18)9-11-4-3-7-16-11/h5-6,8,11,16H,2-4,7,9H2,1H3,(H,17,18). The van der Waals surface area contributed by atoms with Gasteiger partial charge >= 0.3 is 0 Å². The molecule has 1 aromatic rings. The second kappa shape index (κ2) is 6.91. The van der Waals surface area contributed by atoms with Gasteiger partial charge in [0.2, 0.25) is 5.91 Å². The predicted molar refractivity (Wildman–Crippen MR) is 79.6 cm³/mol. The third-order valence-corrected chi connectivity index (χ3v) is 3.61. The van der Waals surface area contributed by atoms with Crippen molar-refractivity contribution < 1.29 is 9.53 Å². The van der Waals surface area contributed by atoms with Gasteiger partial charge in [-0.3, -0.25) is 4.79 Å². The van der Waals surface area contributed by atoms with E-state index in [-0.39, 0.29) is 5.91 Å². The van der Waals surface area contributed by atoms with Gasteiger partial charge in [-0.15, -0.1) is 0 Å². The lowest BCUT2D eigenvalue weighted by molar-refractivity contribution is -0.116. The monoisotopic (exact) mass is 326 g/mol. The van der Waals surface area contributed by atoms with Crippen LogP contribution in [0.25, 0.3) is 0 Å². The van der Waals surface area contributed by atoms with Crippen LogP contribution in [0.5, 0.6) is 5.75 Å². The highest BCUT2D eigenvalue weighted by atomic mass is 79.9. The second-order valence-corrected chi connectivity index (χ2v) is 5.53. The molecule has 1 amide bonds. The van der Waals surface area contributed by atoms with E-state index in [4.69, 9.17) is 4.74 Å². The summed E-state index contributed by atoms with van der Waals surface area (Å²) in [4.78, 5) is 12.0. The Hall–Kier alpha value is -1.07. The van der Waals surface area contributed by atoms with E-state index in [1.165, 1.54) is 0 Å². The molecule has 2 rings (SSSR count). The van der Waals surface area contributed by atoms with E-state index in [9.17, 15) is 4.79 Å². The Labute approximate surface area is 122 Å². The van der Waals surface area contributed by atoms with Gasteiger partial charge in [0.1, 0.15) is 5.75 Å². The van der Waals surface area contributed by atoms with Gasteiger partial charge in [-0.25, -0.2) is 0 Å². The maximum atomic E-state index is 12.0. The van der Waals surface area contributed by atoms with Crippen molar-refractivity contribution in [3.63, 3.8) is 0 Å². The fourth-order valence-corrected chi connectivity index (χ4v) is 2.57. The van der Waals surface area contributed by atoms with Crippen LogP contribution < -0.4 is 15.4 Å². The number of rotatable bonds is 5. The van der Waals surface area contributed by atoms with Crippen LogP contribution in [0, 0.1) is 0 Å². The predicted octanol–water partition coefficient (Wildman–Crippen LogP) is 2.93. The Morgan fingerprint density at radius 2 is 2.42 bits per heavy atom. The highest BCUT2D eigenvalue weighted by Gasteiger charge is 2.18. The summed E-state index contributed by atoms with van der Waals surface area (Å²) in [5.74, 6) is 0.729. The first kappa shape index (κ1) is 14.3. The average molecular weight is 327 g/mol. The lowest BCUT2D eigenvalue weighted by atomic mass is 10.1. The molecule has 1 aromatic carbocycles. The van der Waals surface area contributed by atoms with Gasteiger partial charge in [0, 0.05) is 16.9 Å². The van der Waals surface area contributed by atoms with E-state index in [1.807, 2.05) is 25.1 Å². The first-order chi connectivity index (χ1) is 9.19. The third-order valence-electron chi connectivity index (χ3n) is 3.11. The van der Waals surface area contributed by atoms with Crippen molar-refractivity contribution in [2.45, 2.75) is 32.2 Å². The maximum Gasteiger partial charge on any atom is 0.226 e. The molecule has 19 heavy (non-hydrogen) atoms. The molecule has 1 atom stereocenters. The van der Waals surface area contributed by atoms with Gasteiger partial charge in [0.05, 0.1) is 12.3 Å². The zero-order valence-electron chi connectivity index (χ0n) is 11.0. The summed E-state index contributed by atoms with van der Waals surface area (Å²) in [6.45, 7) is 3.51. The lowest BCUT2D eigenvalue weighted by Crippen LogP contribution is -2.27. The van der Waals surface area contributed by atoms with Crippen LogP contribution in [0.4, 0.5) is 5.69 Å². The molecule has 1 heterocycles. The van der Waals surface area contributed by atoms with Crippen molar-refractivity contribution in [2.75, 3.05) is 18.5 Å². The van der Waals surface area contributed by atoms with Gasteiger partial charge in [0.15, 0.2) is 0 Å². The normalized spacial score (nSPS) is 18.3. The fourth-order valence-electron chi connectivity index (χ4n) is 2.23. The molecular formula is C14H19BrN2O2. The van der Waals surface area contributed by atoms with Crippen LogP contribution >= 0.6 is 15.9 Å². The van der Waals surface area contributed by atoms with E-state index < -0.39 is 0 Å². The molecule has 5 heteroatoms. The summed E-state index contributed by atoms with van der Waals surface area (Å²) < 4.78 is 6.46. The van der Waals surface area contributed by atoms with Crippen molar-refractivity contribution in [1.82, 2.24) is 5.32 Å². The Morgan fingerprint density at radius 3 is 3.11 bits per heavy atom. The molecule has 0 spiro atoms. The molecule has 0 aromatic heterocycles. The van der Waals surface area contributed by atoms with Crippen molar-refractivity contribution in [3.8, 4) is 5.75 Å². The Morgan fingerprint density at radius 1 is 1.58 bits per heavy atom. The highest BCUT2D eigenvalue weighted by Crippen LogP contribution is 2.28. The van der Waals surface area contributed by atoms with Gasteiger partial charge in [-0.05, 0) is 44.5 Å². The minimum atomic E-state index is 0.0303. The Bertz CT molecular complexity index is 445. The van der Waals surface area contributed by atoms with Gasteiger partial charge < -0.3 is 15.4 Å². The molecule has 1 aliphatic rings. The third kappa shape index (κ3) is 4.21. The quantitative estimate of drug-likeness (QED) is 0.874. The molecule has 0 radical (unpaired) electrons. The smallest absolute Gasteiger partial charge is 0.226 e. The molecule has 4 nitrogen and oxygen atoms in total. The van der Waals surface area contributed by atoms with Crippen molar-refractivity contribution in [3.05, 3.63) is 22.7 Å². The van der Waals surface area contributed by atoms with E-state index in [1.54, 1.807) is 0 Å². The first-order valence-electron chi connectivity index (χ1n) is 6.64. The Kier molecular flexibility index (Phi) is 5.22. The largest absolute Gasteiger partial charge is 0.492 e. The van der Waals surface area contributed by atoms with Crippen molar-refractivity contribution in [2.24, 2.45) is 0 Å². The van der Waals surface area contributed by atoms with Gasteiger partial charge in [-0.1, -0.05) is 15.9 Å². The first-order valence-corrected chi connectivity index (χ1v) is 7.44. The SMILES string of the molecule is CCOc1cc(Br)ccc1NC(=O)CC1CCCN1. The van der Waals surface area contributed by atoms with E-state index in [0.717, 1.165) is 29.5 Å². The summed E-state index contributed by atoms with van der Waals surface area (Å²) in [6, 6.07) is 5.93. The minimum absolute atomic E-state index is 0.0303. The average Bonchev–Trinajstić information content (AvgIpc) is 2.86. The van der Waals surface area contributed by atoms with E-state index in [0.29, 0.717) is 24.8 Å².